The zero-order valence-electron chi connectivity index (χ0n) is 18.4. The minimum Gasteiger partial charge on any atom is -0.495 e. The van der Waals surface area contributed by atoms with Crippen molar-refractivity contribution in [1.82, 2.24) is 15.0 Å². The number of hydrogen-bond donors (Lipinski definition) is 2. The van der Waals surface area contributed by atoms with Crippen molar-refractivity contribution in [2.24, 2.45) is 0 Å². The lowest BCUT2D eigenvalue weighted by atomic mass is 10.1. The van der Waals surface area contributed by atoms with Crippen LogP contribution in [0.3, 0.4) is 0 Å². The van der Waals surface area contributed by atoms with E-state index in [1.165, 1.54) is 32.1 Å². The number of aromatic nitrogens is 1. The van der Waals surface area contributed by atoms with Gasteiger partial charge in [0.05, 0.1) is 7.11 Å². The first kappa shape index (κ1) is 23.0. The van der Waals surface area contributed by atoms with Crippen molar-refractivity contribution in [1.29, 1.82) is 0 Å². The maximum atomic E-state index is 12.8. The Labute approximate surface area is 184 Å². The normalized spacial score (nSPS) is 14.5. The summed E-state index contributed by atoms with van der Waals surface area (Å²) in [5, 5.41) is 2.82. The number of methoxy groups -OCH3 is 1. The third kappa shape index (κ3) is 5.95. The fourth-order valence-corrected chi connectivity index (χ4v) is 5.04. The Bertz CT molecular complexity index is 1020. The summed E-state index contributed by atoms with van der Waals surface area (Å²) in [6.45, 7) is 7.58. The number of pyridine rings is 1. The van der Waals surface area contributed by atoms with E-state index in [1.54, 1.807) is 33.0 Å². The van der Waals surface area contributed by atoms with Gasteiger partial charge < -0.3 is 15.0 Å². The minimum absolute atomic E-state index is 0.0748. The molecule has 1 aliphatic heterocycles. The van der Waals surface area contributed by atoms with Gasteiger partial charge in [0, 0.05) is 36.9 Å². The molecule has 0 atom stereocenters. The number of anilines is 1. The largest absolute Gasteiger partial charge is 0.495 e. The van der Waals surface area contributed by atoms with E-state index in [-0.39, 0.29) is 22.1 Å². The van der Waals surface area contributed by atoms with Gasteiger partial charge in [-0.1, -0.05) is 6.07 Å². The molecule has 1 saturated heterocycles. The number of carbonyl (C=O) groups excluding carboxylic acids is 1. The van der Waals surface area contributed by atoms with Crippen molar-refractivity contribution < 1.29 is 17.9 Å². The van der Waals surface area contributed by atoms with Gasteiger partial charge in [0.1, 0.15) is 16.5 Å². The molecule has 3 rings (SSSR count). The summed E-state index contributed by atoms with van der Waals surface area (Å²) in [6, 6.07) is 8.26. The van der Waals surface area contributed by atoms with E-state index in [0.717, 1.165) is 24.5 Å². The number of hydrogen-bond acceptors (Lipinski definition) is 6. The maximum absolute atomic E-state index is 12.8. The van der Waals surface area contributed by atoms with Gasteiger partial charge in [-0.3, -0.25) is 4.79 Å². The number of ether oxygens (including phenoxy) is 1. The van der Waals surface area contributed by atoms with Crippen LogP contribution in [0, 0.1) is 0 Å². The van der Waals surface area contributed by atoms with Crippen LogP contribution < -0.4 is 19.7 Å². The van der Waals surface area contributed by atoms with Crippen LogP contribution >= 0.6 is 0 Å². The standard InChI is InChI=1S/C22H30N4O4S/c1-22(2,3)25-31(28,29)19-13-17(8-9-18(19)30-4)21(27)24-15-16-7-10-20(23-14-16)26-11-5-6-12-26/h7-10,13-14,25H,5-6,11-12,15H2,1-4H3,(H,24,27). The second-order valence-corrected chi connectivity index (χ2v) is 10.3. The molecule has 31 heavy (non-hydrogen) atoms. The first-order valence-corrected chi connectivity index (χ1v) is 11.8. The van der Waals surface area contributed by atoms with E-state index in [1.807, 2.05) is 12.1 Å². The van der Waals surface area contributed by atoms with Crippen LogP contribution in [0.2, 0.25) is 0 Å². The molecule has 0 spiro atoms. The average molecular weight is 447 g/mol. The van der Waals surface area contributed by atoms with Gasteiger partial charge in [0.15, 0.2) is 0 Å². The van der Waals surface area contributed by atoms with Crippen LogP contribution in [-0.2, 0) is 16.6 Å². The quantitative estimate of drug-likeness (QED) is 0.678. The molecule has 0 saturated carbocycles. The maximum Gasteiger partial charge on any atom is 0.251 e. The summed E-state index contributed by atoms with van der Waals surface area (Å²) in [5.41, 5.74) is 0.430. The number of carbonyl (C=O) groups is 1. The van der Waals surface area contributed by atoms with Crippen LogP contribution in [0.1, 0.15) is 49.5 Å². The molecule has 2 heterocycles. The highest BCUT2D eigenvalue weighted by molar-refractivity contribution is 7.89. The van der Waals surface area contributed by atoms with E-state index in [9.17, 15) is 13.2 Å². The average Bonchev–Trinajstić information content (AvgIpc) is 3.25. The van der Waals surface area contributed by atoms with E-state index < -0.39 is 15.6 Å². The smallest absolute Gasteiger partial charge is 0.251 e. The van der Waals surface area contributed by atoms with E-state index in [4.69, 9.17) is 4.74 Å². The fraction of sp³-hybridized carbons (Fsp3) is 0.455. The van der Waals surface area contributed by atoms with Crippen LogP contribution in [-0.4, -0.2) is 45.0 Å². The molecule has 1 aliphatic rings. The predicted molar refractivity (Wildman–Crippen MR) is 120 cm³/mol. The minimum atomic E-state index is -3.87. The predicted octanol–water partition coefficient (Wildman–Crippen LogP) is 2.70. The molecule has 1 aromatic heterocycles. The molecule has 2 aromatic rings. The molecular weight excluding hydrogens is 416 g/mol. The third-order valence-electron chi connectivity index (χ3n) is 4.85. The number of nitrogens with one attached hydrogen (secondary N) is 2. The Kier molecular flexibility index (Phi) is 6.86. The molecular formula is C22H30N4O4S. The first-order valence-electron chi connectivity index (χ1n) is 10.3. The summed E-state index contributed by atoms with van der Waals surface area (Å²) in [7, 11) is -2.47. The molecule has 168 valence electrons. The molecule has 0 unspecified atom stereocenters. The Hall–Kier alpha value is -2.65. The van der Waals surface area contributed by atoms with Crippen molar-refractivity contribution in [3.05, 3.63) is 47.7 Å². The number of amides is 1. The van der Waals surface area contributed by atoms with Crippen molar-refractivity contribution >= 4 is 21.7 Å². The topological polar surface area (TPSA) is 101 Å². The zero-order valence-corrected chi connectivity index (χ0v) is 19.3. The van der Waals surface area contributed by atoms with Crippen molar-refractivity contribution in [3.63, 3.8) is 0 Å². The third-order valence-corrected chi connectivity index (χ3v) is 6.63. The van der Waals surface area contributed by atoms with Crippen LogP contribution in [0.4, 0.5) is 5.82 Å². The SMILES string of the molecule is COc1ccc(C(=O)NCc2ccc(N3CCCC3)nc2)cc1S(=O)(=O)NC(C)(C)C. The first-order chi connectivity index (χ1) is 14.6. The van der Waals surface area contributed by atoms with Crippen molar-refractivity contribution in [2.75, 3.05) is 25.1 Å². The number of sulfonamides is 1. The Morgan fingerprint density at radius 1 is 1.16 bits per heavy atom. The van der Waals surface area contributed by atoms with Crippen LogP contribution in [0.25, 0.3) is 0 Å². The highest BCUT2D eigenvalue weighted by Crippen LogP contribution is 2.26. The second kappa shape index (κ2) is 9.23. The van der Waals surface area contributed by atoms with Gasteiger partial charge in [-0.2, -0.15) is 0 Å². The molecule has 1 fully saturated rings. The van der Waals surface area contributed by atoms with Crippen LogP contribution in [0.5, 0.6) is 5.75 Å². The lowest BCUT2D eigenvalue weighted by Gasteiger charge is -2.21. The lowest BCUT2D eigenvalue weighted by molar-refractivity contribution is 0.0950. The van der Waals surface area contributed by atoms with Gasteiger partial charge in [0.2, 0.25) is 10.0 Å². The summed E-state index contributed by atoms with van der Waals surface area (Å²) >= 11 is 0. The van der Waals surface area contributed by atoms with E-state index in [0.29, 0.717) is 6.54 Å². The van der Waals surface area contributed by atoms with Gasteiger partial charge >= 0.3 is 0 Å². The molecule has 8 nitrogen and oxygen atoms in total. The van der Waals surface area contributed by atoms with E-state index in [2.05, 4.69) is 19.9 Å². The Morgan fingerprint density at radius 3 is 2.45 bits per heavy atom. The molecule has 0 bridgehead atoms. The summed E-state index contributed by atoms with van der Waals surface area (Å²) < 4.78 is 33.4. The summed E-state index contributed by atoms with van der Waals surface area (Å²) in [5.74, 6) is 0.748. The van der Waals surface area contributed by atoms with Crippen molar-refractivity contribution in [3.8, 4) is 5.75 Å². The van der Waals surface area contributed by atoms with Gasteiger partial charge in [-0.15, -0.1) is 0 Å². The molecule has 0 radical (unpaired) electrons. The molecule has 1 aromatic carbocycles. The van der Waals surface area contributed by atoms with Gasteiger partial charge in [-0.25, -0.2) is 18.1 Å². The Balaban J connectivity index is 1.71. The summed E-state index contributed by atoms with van der Waals surface area (Å²) in [6.07, 6.45) is 4.12. The number of benzene rings is 1. The summed E-state index contributed by atoms with van der Waals surface area (Å²) in [4.78, 5) is 19.3. The van der Waals surface area contributed by atoms with Gasteiger partial charge in [-0.05, 0) is 63.4 Å². The van der Waals surface area contributed by atoms with Crippen LogP contribution in [0.15, 0.2) is 41.4 Å². The highest BCUT2D eigenvalue weighted by atomic mass is 32.2. The number of nitrogens with zero attached hydrogens (tertiary/aromatic N) is 2. The molecule has 0 aliphatic carbocycles. The molecule has 1 amide bonds. The lowest BCUT2D eigenvalue weighted by Crippen LogP contribution is -2.40. The number of rotatable bonds is 7. The van der Waals surface area contributed by atoms with E-state index >= 15 is 0 Å². The highest BCUT2D eigenvalue weighted by Gasteiger charge is 2.26. The fourth-order valence-electron chi connectivity index (χ4n) is 3.42. The molecule has 9 heteroatoms. The zero-order chi connectivity index (χ0) is 22.6. The monoisotopic (exact) mass is 446 g/mol. The molecule has 2 N–H and O–H groups in total. The van der Waals surface area contributed by atoms with Gasteiger partial charge in [0.25, 0.3) is 5.91 Å². The Morgan fingerprint density at radius 2 is 1.87 bits per heavy atom. The second-order valence-electron chi connectivity index (χ2n) is 8.62. The van der Waals surface area contributed by atoms with Crippen molar-refractivity contribution in [2.45, 2.75) is 50.6 Å².